The van der Waals surface area contributed by atoms with Gasteiger partial charge in [-0.05, 0) is 18.6 Å². The minimum absolute atomic E-state index is 0.354. The molecule has 1 atom stereocenters. The predicted molar refractivity (Wildman–Crippen MR) is 105 cm³/mol. The molecular weight excluding hydrogens is 328 g/mol. The van der Waals surface area contributed by atoms with Crippen LogP contribution in [0.25, 0.3) is 12.2 Å². The average Bonchev–Trinajstić information content (AvgIpc) is 3.06. The Hall–Kier alpha value is -2.77. The Morgan fingerprint density at radius 1 is 1.27 bits per heavy atom. The number of benzene rings is 1. The molecule has 0 radical (unpaired) electrons. The van der Waals surface area contributed by atoms with E-state index in [2.05, 4.69) is 38.1 Å². The van der Waals surface area contributed by atoms with Crippen molar-refractivity contribution in [1.29, 1.82) is 0 Å². The zero-order chi connectivity index (χ0) is 18.2. The zero-order valence-electron chi connectivity index (χ0n) is 15.1. The smallest absolute Gasteiger partial charge is 0.160 e. The topological polar surface area (TPSA) is 83.5 Å². The van der Waals surface area contributed by atoms with Gasteiger partial charge in [0.15, 0.2) is 11.6 Å². The number of hydrazine groups is 1. The van der Waals surface area contributed by atoms with E-state index in [0.717, 1.165) is 23.6 Å². The highest BCUT2D eigenvalue weighted by Gasteiger charge is 2.15. The van der Waals surface area contributed by atoms with Crippen molar-refractivity contribution in [2.24, 2.45) is 4.99 Å². The molecule has 1 saturated heterocycles. The Kier molecular flexibility index (Phi) is 6.29. The third-order valence-electron chi connectivity index (χ3n) is 3.78. The van der Waals surface area contributed by atoms with Crippen LogP contribution in [-0.2, 0) is 4.74 Å². The Balaban J connectivity index is 1.83. The van der Waals surface area contributed by atoms with Gasteiger partial charge in [-0.2, -0.15) is 0 Å². The molecule has 3 N–H and O–H groups in total. The van der Waals surface area contributed by atoms with E-state index in [1.807, 2.05) is 48.6 Å². The number of rotatable bonds is 7. The molecule has 1 aromatic heterocycles. The molecule has 0 bridgehead atoms. The highest BCUT2D eigenvalue weighted by atomic mass is 16.5. The third kappa shape index (κ3) is 5.37. The van der Waals surface area contributed by atoms with Crippen LogP contribution in [-0.4, -0.2) is 42.1 Å². The average molecular weight is 352 g/mol. The lowest BCUT2D eigenvalue weighted by Crippen LogP contribution is -2.29. The summed E-state index contributed by atoms with van der Waals surface area (Å²) in [7, 11) is 1.67. The Morgan fingerprint density at radius 2 is 2.12 bits per heavy atom. The summed E-state index contributed by atoms with van der Waals surface area (Å²) >= 11 is 0. The number of aromatic nitrogens is 2. The van der Waals surface area contributed by atoms with Crippen molar-refractivity contribution in [3.8, 4) is 0 Å². The van der Waals surface area contributed by atoms with E-state index in [1.165, 1.54) is 0 Å². The second-order valence-corrected chi connectivity index (χ2v) is 6.07. The van der Waals surface area contributed by atoms with Crippen molar-refractivity contribution in [3.05, 3.63) is 47.8 Å². The number of hydrogen-bond acceptors (Lipinski definition) is 6. The van der Waals surface area contributed by atoms with Gasteiger partial charge in [0.25, 0.3) is 0 Å². The van der Waals surface area contributed by atoms with Gasteiger partial charge in [-0.25, -0.2) is 20.4 Å². The molecule has 2 aromatic rings. The van der Waals surface area contributed by atoms with Crippen molar-refractivity contribution in [2.75, 3.05) is 25.6 Å². The first kappa shape index (κ1) is 18.0. The van der Waals surface area contributed by atoms with Crippen LogP contribution in [0.4, 0.5) is 11.6 Å². The fourth-order valence-corrected chi connectivity index (χ4v) is 2.50. The second-order valence-electron chi connectivity index (χ2n) is 6.07. The fraction of sp³-hybridized carbons (Fsp3) is 0.316. The van der Waals surface area contributed by atoms with Crippen molar-refractivity contribution < 1.29 is 4.74 Å². The molecule has 0 aliphatic carbocycles. The largest absolute Gasteiger partial charge is 0.383 e. The molecule has 1 unspecified atom stereocenters. The van der Waals surface area contributed by atoms with E-state index in [-0.39, 0.29) is 0 Å². The van der Waals surface area contributed by atoms with Gasteiger partial charge < -0.3 is 15.5 Å². The van der Waals surface area contributed by atoms with Crippen molar-refractivity contribution in [2.45, 2.75) is 19.4 Å². The van der Waals surface area contributed by atoms with Crippen LogP contribution < -0.4 is 16.2 Å². The molecule has 2 heterocycles. The summed E-state index contributed by atoms with van der Waals surface area (Å²) in [5, 5.41) is 3.24. The van der Waals surface area contributed by atoms with Crippen molar-refractivity contribution in [3.63, 3.8) is 0 Å². The maximum absolute atomic E-state index is 5.08. The van der Waals surface area contributed by atoms with E-state index in [1.54, 1.807) is 7.11 Å². The van der Waals surface area contributed by atoms with Gasteiger partial charge in [-0.1, -0.05) is 36.4 Å². The number of amidine groups is 1. The van der Waals surface area contributed by atoms with Gasteiger partial charge in [0.2, 0.25) is 0 Å². The maximum Gasteiger partial charge on any atom is 0.160 e. The predicted octanol–water partition coefficient (Wildman–Crippen LogP) is 2.62. The van der Waals surface area contributed by atoms with Crippen LogP contribution in [0.1, 0.15) is 24.7 Å². The summed E-state index contributed by atoms with van der Waals surface area (Å²) in [6.07, 6.45) is 4.72. The van der Waals surface area contributed by atoms with Crippen LogP contribution in [0.3, 0.4) is 0 Å². The molecule has 136 valence electrons. The Morgan fingerprint density at radius 3 is 2.85 bits per heavy atom. The number of nitrogens with one attached hydrogen (secondary N) is 3. The molecule has 1 aliphatic rings. The molecule has 1 aromatic carbocycles. The summed E-state index contributed by atoms with van der Waals surface area (Å²) in [4.78, 5) is 13.7. The molecule has 0 spiro atoms. The fourth-order valence-electron chi connectivity index (χ4n) is 2.50. The summed E-state index contributed by atoms with van der Waals surface area (Å²) in [5.74, 6) is 2.82. The Bertz CT molecular complexity index is 775. The van der Waals surface area contributed by atoms with Crippen LogP contribution >= 0.6 is 0 Å². The van der Waals surface area contributed by atoms with Crippen LogP contribution in [0.2, 0.25) is 0 Å². The second kappa shape index (κ2) is 9.07. The molecule has 7 heteroatoms. The Labute approximate surface area is 153 Å². The van der Waals surface area contributed by atoms with E-state index in [4.69, 9.17) is 4.74 Å². The zero-order valence-corrected chi connectivity index (χ0v) is 15.1. The lowest BCUT2D eigenvalue weighted by Gasteiger charge is -2.07. The molecule has 0 amide bonds. The molecule has 3 rings (SSSR count). The monoisotopic (exact) mass is 352 g/mol. The molecule has 26 heavy (non-hydrogen) atoms. The highest BCUT2D eigenvalue weighted by molar-refractivity contribution is 5.86. The van der Waals surface area contributed by atoms with Gasteiger partial charge in [0.05, 0.1) is 6.61 Å². The molecular formula is C19H24N6O. The number of nitrogens with zero attached hydrogens (tertiary/aromatic N) is 3. The summed E-state index contributed by atoms with van der Waals surface area (Å²) in [5.41, 5.74) is 7.32. The lowest BCUT2D eigenvalue weighted by atomic mass is 10.2. The van der Waals surface area contributed by atoms with Crippen LogP contribution in [0, 0.1) is 0 Å². The van der Waals surface area contributed by atoms with Crippen LogP contribution in [0.5, 0.6) is 0 Å². The SMILES string of the molecule is COCCNc1cc(N=C2CC(C)NN2)nc(/C=C/c2ccccc2)n1. The number of aliphatic imine (C=N–C) groups is 1. The first-order chi connectivity index (χ1) is 12.7. The van der Waals surface area contributed by atoms with Crippen LogP contribution in [0.15, 0.2) is 41.4 Å². The van der Waals surface area contributed by atoms with Gasteiger partial charge in [0.1, 0.15) is 11.7 Å². The number of anilines is 1. The van der Waals surface area contributed by atoms with E-state index in [0.29, 0.717) is 30.8 Å². The normalized spacial score (nSPS) is 18.4. The summed E-state index contributed by atoms with van der Waals surface area (Å²) in [6.45, 7) is 3.37. The van der Waals surface area contributed by atoms with E-state index < -0.39 is 0 Å². The molecule has 1 fully saturated rings. The third-order valence-corrected chi connectivity index (χ3v) is 3.78. The summed E-state index contributed by atoms with van der Waals surface area (Å²) < 4.78 is 5.08. The first-order valence-electron chi connectivity index (χ1n) is 8.67. The van der Waals surface area contributed by atoms with E-state index in [9.17, 15) is 0 Å². The molecule has 7 nitrogen and oxygen atoms in total. The minimum atomic E-state index is 0.354. The summed E-state index contributed by atoms with van der Waals surface area (Å²) in [6, 6.07) is 12.3. The number of ether oxygens (including phenoxy) is 1. The quantitative estimate of drug-likeness (QED) is 0.665. The van der Waals surface area contributed by atoms with Gasteiger partial charge in [-0.3, -0.25) is 0 Å². The van der Waals surface area contributed by atoms with E-state index >= 15 is 0 Å². The number of methoxy groups -OCH3 is 1. The first-order valence-corrected chi connectivity index (χ1v) is 8.67. The van der Waals surface area contributed by atoms with Crippen molar-refractivity contribution >= 4 is 29.6 Å². The van der Waals surface area contributed by atoms with Gasteiger partial charge in [0, 0.05) is 32.2 Å². The van der Waals surface area contributed by atoms with Gasteiger partial charge in [-0.15, -0.1) is 0 Å². The molecule has 0 saturated carbocycles. The standard InChI is InChI=1S/C19H24N6O/c1-14-12-19(25-24-14)23-18-13-17(20-10-11-26-2)21-16(22-18)9-8-15-6-4-3-5-7-15/h3-9,13-14,24H,10-12H2,1-2H3,(H2,20,21,22,23,25)/b9-8+. The minimum Gasteiger partial charge on any atom is -0.383 e. The number of hydrogen-bond donors (Lipinski definition) is 3. The maximum atomic E-state index is 5.08. The molecule has 1 aliphatic heterocycles. The van der Waals surface area contributed by atoms with Crippen molar-refractivity contribution in [1.82, 2.24) is 20.8 Å². The van der Waals surface area contributed by atoms with Gasteiger partial charge >= 0.3 is 0 Å². The lowest BCUT2D eigenvalue weighted by molar-refractivity contribution is 0.210. The highest BCUT2D eigenvalue weighted by Crippen LogP contribution is 2.17.